The number of fused-ring (bicyclic) bond motifs is 1. The summed E-state index contributed by atoms with van der Waals surface area (Å²) in [6.45, 7) is 1.88. The van der Waals surface area contributed by atoms with Gasteiger partial charge in [0.25, 0.3) is 5.69 Å². The van der Waals surface area contributed by atoms with Crippen LogP contribution >= 0.6 is 0 Å². The highest BCUT2D eigenvalue weighted by molar-refractivity contribution is 5.80. The van der Waals surface area contributed by atoms with Crippen molar-refractivity contribution in [1.82, 2.24) is 0 Å². The summed E-state index contributed by atoms with van der Waals surface area (Å²) < 4.78 is 5.51. The monoisotopic (exact) mass is 220 g/mol. The van der Waals surface area contributed by atoms with Crippen LogP contribution < -0.4 is 5.73 Å². The van der Waals surface area contributed by atoms with Crippen LogP contribution in [0.3, 0.4) is 0 Å². The minimum Gasteiger partial charge on any atom is -0.461 e. The highest BCUT2D eigenvalue weighted by Crippen LogP contribution is 2.24. The van der Waals surface area contributed by atoms with E-state index in [0.717, 1.165) is 11.1 Å². The summed E-state index contributed by atoms with van der Waals surface area (Å²) >= 11 is 0. The lowest BCUT2D eigenvalue weighted by Gasteiger charge is -1.98. The quantitative estimate of drug-likeness (QED) is 0.635. The highest BCUT2D eigenvalue weighted by Gasteiger charge is 2.10. The average Bonchev–Trinajstić information content (AvgIpc) is 2.56. The van der Waals surface area contributed by atoms with Gasteiger partial charge in [-0.1, -0.05) is 0 Å². The third kappa shape index (κ3) is 2.04. The van der Waals surface area contributed by atoms with Gasteiger partial charge in [-0.2, -0.15) is 0 Å². The van der Waals surface area contributed by atoms with Crippen molar-refractivity contribution in [2.45, 2.75) is 19.4 Å². The summed E-state index contributed by atoms with van der Waals surface area (Å²) in [6, 6.07) is 6.35. The Morgan fingerprint density at radius 3 is 2.88 bits per heavy atom. The number of nitro benzene ring substituents is 1. The Kier molecular flexibility index (Phi) is 2.62. The summed E-state index contributed by atoms with van der Waals surface area (Å²) in [5.74, 6) is 0.755. The van der Waals surface area contributed by atoms with Crippen molar-refractivity contribution >= 4 is 16.7 Å². The van der Waals surface area contributed by atoms with Gasteiger partial charge in [-0.15, -0.1) is 0 Å². The van der Waals surface area contributed by atoms with E-state index in [-0.39, 0.29) is 11.7 Å². The SMILES string of the molecule is CC(N)Cc1cc2cc([N+](=O)[O-])ccc2o1. The Labute approximate surface area is 92.0 Å². The van der Waals surface area contributed by atoms with Crippen molar-refractivity contribution in [2.75, 3.05) is 0 Å². The molecule has 0 saturated heterocycles. The van der Waals surface area contributed by atoms with Crippen molar-refractivity contribution in [3.05, 3.63) is 40.1 Å². The molecule has 0 bridgehead atoms. The fraction of sp³-hybridized carbons (Fsp3) is 0.273. The maximum atomic E-state index is 10.6. The van der Waals surface area contributed by atoms with Crippen LogP contribution in [0.5, 0.6) is 0 Å². The number of non-ortho nitro benzene ring substituents is 1. The zero-order valence-electron chi connectivity index (χ0n) is 8.84. The molecule has 1 unspecified atom stereocenters. The maximum absolute atomic E-state index is 10.6. The Balaban J connectivity index is 2.42. The van der Waals surface area contributed by atoms with E-state index >= 15 is 0 Å². The zero-order chi connectivity index (χ0) is 11.7. The molecule has 1 atom stereocenters. The number of benzene rings is 1. The van der Waals surface area contributed by atoms with E-state index in [4.69, 9.17) is 10.2 Å². The Morgan fingerprint density at radius 2 is 2.25 bits per heavy atom. The molecule has 2 aromatic rings. The fourth-order valence-electron chi connectivity index (χ4n) is 1.62. The van der Waals surface area contributed by atoms with E-state index in [1.807, 2.05) is 6.92 Å². The molecule has 5 nitrogen and oxygen atoms in total. The largest absolute Gasteiger partial charge is 0.461 e. The lowest BCUT2D eigenvalue weighted by Crippen LogP contribution is -2.17. The second-order valence-electron chi connectivity index (χ2n) is 3.87. The zero-order valence-corrected chi connectivity index (χ0v) is 8.84. The topological polar surface area (TPSA) is 82.3 Å². The number of nitrogens with zero attached hydrogens (tertiary/aromatic N) is 1. The van der Waals surface area contributed by atoms with Crippen molar-refractivity contribution in [3.8, 4) is 0 Å². The summed E-state index contributed by atoms with van der Waals surface area (Å²) in [7, 11) is 0. The molecule has 0 spiro atoms. The first-order chi connectivity index (χ1) is 7.56. The molecule has 0 fully saturated rings. The minimum absolute atomic E-state index is 0.00977. The number of nitro groups is 1. The van der Waals surface area contributed by atoms with Crippen LogP contribution in [0.15, 0.2) is 28.7 Å². The maximum Gasteiger partial charge on any atom is 0.270 e. The summed E-state index contributed by atoms with van der Waals surface area (Å²) in [4.78, 5) is 10.2. The fourth-order valence-corrected chi connectivity index (χ4v) is 1.62. The molecule has 16 heavy (non-hydrogen) atoms. The standard InChI is InChI=1S/C11H12N2O3/c1-7(12)4-10-6-8-5-9(13(14)15)2-3-11(8)16-10/h2-3,5-7H,4,12H2,1H3. The van der Waals surface area contributed by atoms with Gasteiger partial charge < -0.3 is 10.2 Å². The first-order valence-corrected chi connectivity index (χ1v) is 4.98. The molecule has 1 aromatic heterocycles. The Bertz CT molecular complexity index is 531. The predicted octanol–water partition coefficient (Wildman–Crippen LogP) is 2.23. The van der Waals surface area contributed by atoms with Crippen LogP contribution in [0.2, 0.25) is 0 Å². The normalized spacial score (nSPS) is 12.9. The first kappa shape index (κ1) is 10.6. The molecule has 2 N–H and O–H groups in total. The van der Waals surface area contributed by atoms with Crippen molar-refractivity contribution in [3.63, 3.8) is 0 Å². The molecule has 2 rings (SSSR count). The molecule has 0 radical (unpaired) electrons. The Morgan fingerprint density at radius 1 is 1.50 bits per heavy atom. The molecule has 5 heteroatoms. The van der Waals surface area contributed by atoms with Crippen LogP contribution in [0, 0.1) is 10.1 Å². The van der Waals surface area contributed by atoms with E-state index < -0.39 is 4.92 Å². The van der Waals surface area contributed by atoms with E-state index in [1.165, 1.54) is 12.1 Å². The second-order valence-corrected chi connectivity index (χ2v) is 3.87. The molecule has 0 aliphatic rings. The van der Waals surface area contributed by atoms with Gasteiger partial charge in [0.2, 0.25) is 0 Å². The summed E-state index contributed by atoms with van der Waals surface area (Å²) in [5.41, 5.74) is 6.38. The lowest BCUT2D eigenvalue weighted by atomic mass is 10.2. The van der Waals surface area contributed by atoms with Crippen molar-refractivity contribution < 1.29 is 9.34 Å². The molecular weight excluding hydrogens is 208 g/mol. The highest BCUT2D eigenvalue weighted by atomic mass is 16.6. The minimum atomic E-state index is -0.419. The van der Waals surface area contributed by atoms with E-state index in [1.54, 1.807) is 12.1 Å². The average molecular weight is 220 g/mol. The van der Waals surface area contributed by atoms with Gasteiger partial charge in [0.1, 0.15) is 11.3 Å². The van der Waals surface area contributed by atoms with Crippen LogP contribution in [0.1, 0.15) is 12.7 Å². The van der Waals surface area contributed by atoms with Gasteiger partial charge in [-0.05, 0) is 19.1 Å². The Hall–Kier alpha value is -1.88. The molecule has 1 aromatic carbocycles. The molecule has 0 aliphatic heterocycles. The molecule has 0 saturated carbocycles. The van der Waals surface area contributed by atoms with E-state index in [0.29, 0.717) is 12.0 Å². The van der Waals surface area contributed by atoms with Gasteiger partial charge in [0.05, 0.1) is 4.92 Å². The number of hydrogen-bond donors (Lipinski definition) is 1. The van der Waals surface area contributed by atoms with Gasteiger partial charge in [0.15, 0.2) is 0 Å². The van der Waals surface area contributed by atoms with Gasteiger partial charge in [-0.3, -0.25) is 10.1 Å². The van der Waals surface area contributed by atoms with E-state index in [9.17, 15) is 10.1 Å². The number of furan rings is 1. The number of nitrogens with two attached hydrogens (primary N) is 1. The number of rotatable bonds is 3. The van der Waals surface area contributed by atoms with Gasteiger partial charge >= 0.3 is 0 Å². The smallest absolute Gasteiger partial charge is 0.270 e. The number of hydrogen-bond acceptors (Lipinski definition) is 4. The van der Waals surface area contributed by atoms with Gasteiger partial charge in [-0.25, -0.2) is 0 Å². The lowest BCUT2D eigenvalue weighted by molar-refractivity contribution is -0.384. The third-order valence-electron chi connectivity index (χ3n) is 2.28. The molecule has 1 heterocycles. The molecular formula is C11H12N2O3. The predicted molar refractivity (Wildman–Crippen MR) is 60.2 cm³/mol. The van der Waals surface area contributed by atoms with Crippen molar-refractivity contribution in [2.24, 2.45) is 5.73 Å². The van der Waals surface area contributed by atoms with Gasteiger partial charge in [0, 0.05) is 30.0 Å². The second kappa shape index (κ2) is 3.94. The van der Waals surface area contributed by atoms with Crippen LogP contribution in [0.25, 0.3) is 11.0 Å². The van der Waals surface area contributed by atoms with Crippen LogP contribution in [-0.2, 0) is 6.42 Å². The van der Waals surface area contributed by atoms with E-state index in [2.05, 4.69) is 0 Å². The first-order valence-electron chi connectivity index (χ1n) is 4.98. The molecule has 84 valence electrons. The van der Waals surface area contributed by atoms with Crippen LogP contribution in [0.4, 0.5) is 5.69 Å². The summed E-state index contributed by atoms with van der Waals surface area (Å²) in [5, 5.41) is 11.3. The van der Waals surface area contributed by atoms with Crippen LogP contribution in [-0.4, -0.2) is 11.0 Å². The third-order valence-corrected chi connectivity index (χ3v) is 2.28. The summed E-state index contributed by atoms with van der Waals surface area (Å²) in [6.07, 6.45) is 0.627. The van der Waals surface area contributed by atoms with Crippen molar-refractivity contribution in [1.29, 1.82) is 0 Å². The molecule has 0 aliphatic carbocycles. The molecule has 0 amide bonds.